The maximum absolute atomic E-state index is 12.7. The Morgan fingerprint density at radius 3 is 2.63 bits per heavy atom. The zero-order valence-corrected chi connectivity index (χ0v) is 16.1. The number of benzene rings is 1. The van der Waals surface area contributed by atoms with E-state index in [2.05, 4.69) is 15.5 Å². The largest absolute Gasteiger partial charge is 0.485 e. The fourth-order valence-electron chi connectivity index (χ4n) is 3.25. The van der Waals surface area contributed by atoms with E-state index in [9.17, 15) is 4.79 Å². The fourth-order valence-corrected chi connectivity index (χ4v) is 3.25. The van der Waals surface area contributed by atoms with Gasteiger partial charge in [-0.2, -0.15) is 4.98 Å². The van der Waals surface area contributed by atoms with Crippen LogP contribution in [0.5, 0.6) is 5.75 Å². The molecule has 1 aliphatic rings. The highest BCUT2D eigenvalue weighted by molar-refractivity contribution is 5.99. The monoisotopic (exact) mass is 374 g/mol. The lowest BCUT2D eigenvalue weighted by atomic mass is 9.54. The Balaban J connectivity index is 1.57. The standard InChI is InChI=1S/C19H26N4O4/c1-5-25-15-10-19(20,18(15,3)4)17(24)22-13-6-8-14(9-7-13)26-11-16-21-12(2)27-23-16/h6-9,15H,5,10-11,20H2,1-4H3,(H,22,24). The molecule has 0 saturated heterocycles. The summed E-state index contributed by atoms with van der Waals surface area (Å²) < 4.78 is 16.2. The SMILES string of the molecule is CCOC1CC(N)(C(=O)Nc2ccc(OCc3noc(C)n3)cc2)C1(C)C. The lowest BCUT2D eigenvalue weighted by Gasteiger charge is -2.57. The summed E-state index contributed by atoms with van der Waals surface area (Å²) >= 11 is 0. The van der Waals surface area contributed by atoms with Crippen LogP contribution in [0.4, 0.5) is 5.69 Å². The summed E-state index contributed by atoms with van der Waals surface area (Å²) in [4.78, 5) is 16.8. The van der Waals surface area contributed by atoms with Crippen molar-refractivity contribution in [2.24, 2.45) is 11.1 Å². The van der Waals surface area contributed by atoms with Gasteiger partial charge in [-0.1, -0.05) is 19.0 Å². The van der Waals surface area contributed by atoms with E-state index in [1.54, 1.807) is 31.2 Å². The maximum Gasteiger partial charge on any atom is 0.245 e. The minimum absolute atomic E-state index is 0.0113. The number of aryl methyl sites for hydroxylation is 1. The van der Waals surface area contributed by atoms with Crippen molar-refractivity contribution in [1.82, 2.24) is 10.1 Å². The molecule has 2 aromatic rings. The van der Waals surface area contributed by atoms with Crippen LogP contribution in [-0.2, 0) is 16.1 Å². The first-order valence-electron chi connectivity index (χ1n) is 9.00. The molecule has 2 unspecified atom stereocenters. The Labute approximate surface area is 158 Å². The van der Waals surface area contributed by atoms with Gasteiger partial charge in [0.25, 0.3) is 0 Å². The third-order valence-corrected chi connectivity index (χ3v) is 5.28. The van der Waals surface area contributed by atoms with Crippen molar-refractivity contribution in [3.05, 3.63) is 36.0 Å². The molecule has 1 fully saturated rings. The molecule has 0 bridgehead atoms. The van der Waals surface area contributed by atoms with Crippen LogP contribution in [-0.4, -0.2) is 34.3 Å². The third-order valence-electron chi connectivity index (χ3n) is 5.28. The van der Waals surface area contributed by atoms with Gasteiger partial charge < -0.3 is 25.0 Å². The number of nitrogens with two attached hydrogens (primary N) is 1. The van der Waals surface area contributed by atoms with Gasteiger partial charge in [-0.05, 0) is 31.2 Å². The number of carbonyl (C=O) groups excluding carboxylic acids is 1. The first-order valence-corrected chi connectivity index (χ1v) is 9.00. The number of hydrogen-bond donors (Lipinski definition) is 2. The Morgan fingerprint density at radius 1 is 1.37 bits per heavy atom. The Bertz CT molecular complexity index is 802. The average Bonchev–Trinajstić information content (AvgIpc) is 3.06. The molecule has 146 valence electrons. The van der Waals surface area contributed by atoms with Gasteiger partial charge in [0.2, 0.25) is 17.6 Å². The van der Waals surface area contributed by atoms with E-state index in [0.29, 0.717) is 36.2 Å². The van der Waals surface area contributed by atoms with Gasteiger partial charge in [-0.15, -0.1) is 0 Å². The van der Waals surface area contributed by atoms with Crippen LogP contribution in [0, 0.1) is 12.3 Å². The van der Waals surface area contributed by atoms with Crippen molar-refractivity contribution < 1.29 is 18.8 Å². The van der Waals surface area contributed by atoms with Gasteiger partial charge in [0, 0.05) is 31.1 Å². The molecule has 3 rings (SSSR count). The molecule has 1 aromatic carbocycles. The lowest BCUT2D eigenvalue weighted by molar-refractivity contribution is -0.166. The maximum atomic E-state index is 12.7. The molecule has 8 heteroatoms. The predicted octanol–water partition coefficient (Wildman–Crippen LogP) is 2.43. The van der Waals surface area contributed by atoms with Gasteiger partial charge >= 0.3 is 0 Å². The normalized spacial score (nSPS) is 23.5. The molecule has 1 aliphatic carbocycles. The zero-order valence-electron chi connectivity index (χ0n) is 16.1. The number of ether oxygens (including phenoxy) is 2. The quantitative estimate of drug-likeness (QED) is 0.765. The number of rotatable bonds is 7. The van der Waals surface area contributed by atoms with Crippen LogP contribution < -0.4 is 15.8 Å². The second-order valence-electron chi connectivity index (χ2n) is 7.34. The summed E-state index contributed by atoms with van der Waals surface area (Å²) in [6.45, 7) is 8.41. The minimum atomic E-state index is -0.960. The Kier molecular flexibility index (Phi) is 5.21. The molecule has 3 N–H and O–H groups in total. The fraction of sp³-hybridized carbons (Fsp3) is 0.526. The van der Waals surface area contributed by atoms with Gasteiger partial charge in [0.1, 0.15) is 11.3 Å². The Morgan fingerprint density at radius 2 is 2.07 bits per heavy atom. The highest BCUT2D eigenvalue weighted by Gasteiger charge is 2.62. The van der Waals surface area contributed by atoms with E-state index < -0.39 is 11.0 Å². The summed E-state index contributed by atoms with van der Waals surface area (Å²) in [7, 11) is 0. The molecule has 8 nitrogen and oxygen atoms in total. The number of nitrogens with zero attached hydrogens (tertiary/aromatic N) is 2. The van der Waals surface area contributed by atoms with Crippen LogP contribution in [0.25, 0.3) is 0 Å². The van der Waals surface area contributed by atoms with Crippen LogP contribution in [0.2, 0.25) is 0 Å². The van der Waals surface area contributed by atoms with Crippen molar-refractivity contribution >= 4 is 11.6 Å². The summed E-state index contributed by atoms with van der Waals surface area (Å²) in [6, 6.07) is 7.06. The van der Waals surface area contributed by atoms with E-state index >= 15 is 0 Å². The number of hydrogen-bond acceptors (Lipinski definition) is 7. The lowest BCUT2D eigenvalue weighted by Crippen LogP contribution is -2.74. The molecule has 2 atom stereocenters. The second-order valence-corrected chi connectivity index (χ2v) is 7.34. The summed E-state index contributed by atoms with van der Waals surface area (Å²) in [5, 5.41) is 6.66. The topological polar surface area (TPSA) is 112 Å². The van der Waals surface area contributed by atoms with Crippen molar-refractivity contribution in [3.8, 4) is 5.75 Å². The van der Waals surface area contributed by atoms with E-state index in [1.165, 1.54) is 0 Å². The van der Waals surface area contributed by atoms with Crippen molar-refractivity contribution in [3.63, 3.8) is 0 Å². The molecular formula is C19H26N4O4. The molecule has 0 spiro atoms. The molecule has 0 radical (unpaired) electrons. The van der Waals surface area contributed by atoms with Crippen LogP contribution in [0.15, 0.2) is 28.8 Å². The minimum Gasteiger partial charge on any atom is -0.485 e. The first kappa shape index (κ1) is 19.3. The summed E-state index contributed by atoms with van der Waals surface area (Å²) in [5.74, 6) is 1.40. The first-order chi connectivity index (χ1) is 12.8. The van der Waals surface area contributed by atoms with Gasteiger partial charge in [0.05, 0.1) is 6.10 Å². The van der Waals surface area contributed by atoms with Crippen molar-refractivity contribution in [1.29, 1.82) is 0 Å². The highest BCUT2D eigenvalue weighted by atomic mass is 16.5. The van der Waals surface area contributed by atoms with Crippen LogP contribution >= 0.6 is 0 Å². The van der Waals surface area contributed by atoms with E-state index in [-0.39, 0.29) is 18.6 Å². The number of aromatic nitrogens is 2. The third kappa shape index (κ3) is 3.68. The zero-order chi connectivity index (χ0) is 19.7. The predicted molar refractivity (Wildman–Crippen MR) is 99.2 cm³/mol. The molecule has 27 heavy (non-hydrogen) atoms. The van der Waals surface area contributed by atoms with Gasteiger partial charge in [0.15, 0.2) is 6.61 Å². The number of carbonyl (C=O) groups is 1. The van der Waals surface area contributed by atoms with Crippen LogP contribution in [0.3, 0.4) is 0 Å². The van der Waals surface area contributed by atoms with E-state index in [1.807, 2.05) is 20.8 Å². The highest BCUT2D eigenvalue weighted by Crippen LogP contribution is 2.50. The van der Waals surface area contributed by atoms with E-state index in [0.717, 1.165) is 0 Å². The second kappa shape index (κ2) is 7.28. The van der Waals surface area contributed by atoms with Crippen LogP contribution in [0.1, 0.15) is 38.9 Å². The van der Waals surface area contributed by atoms with Crippen molar-refractivity contribution in [2.45, 2.75) is 52.4 Å². The summed E-state index contributed by atoms with van der Waals surface area (Å²) in [6.07, 6.45) is 0.494. The van der Waals surface area contributed by atoms with Gasteiger partial charge in [-0.3, -0.25) is 4.79 Å². The van der Waals surface area contributed by atoms with Gasteiger partial charge in [-0.25, -0.2) is 0 Å². The number of amides is 1. The molecule has 1 amide bonds. The average molecular weight is 374 g/mol. The molecule has 1 saturated carbocycles. The van der Waals surface area contributed by atoms with Crippen molar-refractivity contribution in [2.75, 3.05) is 11.9 Å². The molecule has 1 heterocycles. The number of nitrogens with one attached hydrogen (secondary N) is 1. The summed E-state index contributed by atoms with van der Waals surface area (Å²) in [5.41, 5.74) is 5.66. The molecule has 0 aliphatic heterocycles. The number of anilines is 1. The Hall–Kier alpha value is -2.45. The molecular weight excluding hydrogens is 348 g/mol. The van der Waals surface area contributed by atoms with E-state index in [4.69, 9.17) is 19.7 Å². The molecule has 1 aromatic heterocycles. The smallest absolute Gasteiger partial charge is 0.245 e.